The van der Waals surface area contributed by atoms with Crippen molar-refractivity contribution in [2.24, 2.45) is 0 Å². The average Bonchev–Trinajstić information content (AvgIpc) is 3.29. The summed E-state index contributed by atoms with van der Waals surface area (Å²) in [5, 5.41) is 3.02. The molecule has 0 rings (SSSR count). The SMILES string of the molecule is CC/C=C/C=C/C=C/CCCCCCCCCC(=O)OC(/C=C/CCCCCCCCCCCC)C(COP(=O)([O-])OCC[N+](C)(C)C)NC(=O)CCCCCCCCCCCCCCCCC. The van der Waals surface area contributed by atoms with Crippen molar-refractivity contribution >= 4 is 19.7 Å². The second-order valence-electron chi connectivity index (χ2n) is 20.5. The summed E-state index contributed by atoms with van der Waals surface area (Å²) >= 11 is 0. The van der Waals surface area contributed by atoms with Crippen LogP contribution in [0, 0.1) is 0 Å². The predicted octanol–water partition coefficient (Wildman–Crippen LogP) is 16.3. The number of allylic oxidation sites excluding steroid dienone is 7. The number of quaternary nitrogens is 1. The maximum Gasteiger partial charge on any atom is 0.306 e. The number of likely N-dealkylation sites (N-methyl/N-ethyl adjacent to an activating group) is 1. The summed E-state index contributed by atoms with van der Waals surface area (Å²) in [6.07, 6.45) is 57.8. The standard InChI is InChI=1S/C58H109N2O7P/c1-7-10-13-16-19-22-25-28-30-32-35-38-41-44-47-50-57(61)59-55(54-66-68(63,64)65-53-52-60(4,5)6)56(49-46-43-40-37-34-27-24-21-18-15-12-9-3)67-58(62)51-48-45-42-39-36-33-31-29-26-23-20-17-14-11-8-2/h11,14,17,20,23,26,46,49,55-56H,7-10,12-13,15-16,18-19,21-22,24-25,27-45,47-48,50-54H2,1-6H3,(H-,59,61,63,64)/b14-11+,20-17+,26-23+,49-46+. The summed E-state index contributed by atoms with van der Waals surface area (Å²) < 4.78 is 30.2. The van der Waals surface area contributed by atoms with Crippen LogP contribution in [0.5, 0.6) is 0 Å². The molecule has 0 aliphatic carbocycles. The molecule has 3 unspecified atom stereocenters. The van der Waals surface area contributed by atoms with E-state index in [1.54, 1.807) is 0 Å². The Morgan fingerprint density at radius 3 is 1.40 bits per heavy atom. The number of nitrogens with one attached hydrogen (secondary N) is 1. The molecule has 10 heteroatoms. The van der Waals surface area contributed by atoms with Crippen LogP contribution in [-0.4, -0.2) is 69.4 Å². The van der Waals surface area contributed by atoms with Crippen molar-refractivity contribution in [3.63, 3.8) is 0 Å². The highest BCUT2D eigenvalue weighted by molar-refractivity contribution is 7.45. The maximum atomic E-state index is 13.5. The van der Waals surface area contributed by atoms with Gasteiger partial charge in [-0.2, -0.15) is 0 Å². The number of amides is 1. The van der Waals surface area contributed by atoms with Crippen LogP contribution in [0.2, 0.25) is 0 Å². The van der Waals surface area contributed by atoms with Gasteiger partial charge < -0.3 is 28.5 Å². The van der Waals surface area contributed by atoms with Crippen LogP contribution in [0.3, 0.4) is 0 Å². The molecule has 0 aliphatic heterocycles. The van der Waals surface area contributed by atoms with Crippen LogP contribution in [0.25, 0.3) is 0 Å². The minimum Gasteiger partial charge on any atom is -0.756 e. The van der Waals surface area contributed by atoms with Gasteiger partial charge in [-0.25, -0.2) is 0 Å². The molecular weight excluding hydrogens is 868 g/mol. The number of phosphoric acid groups is 1. The Balaban J connectivity index is 5.36. The number of hydrogen-bond donors (Lipinski definition) is 1. The van der Waals surface area contributed by atoms with Crippen LogP contribution < -0.4 is 10.2 Å². The largest absolute Gasteiger partial charge is 0.756 e. The lowest BCUT2D eigenvalue weighted by atomic mass is 10.0. The highest BCUT2D eigenvalue weighted by Gasteiger charge is 2.27. The third kappa shape index (κ3) is 49.0. The number of unbranched alkanes of at least 4 members (excludes halogenated alkanes) is 31. The zero-order valence-electron chi connectivity index (χ0n) is 45.3. The van der Waals surface area contributed by atoms with Gasteiger partial charge in [-0.05, 0) is 51.0 Å². The molecule has 0 aliphatic rings. The third-order valence-electron chi connectivity index (χ3n) is 12.6. The fraction of sp³-hybridized carbons (Fsp3) is 0.828. The first-order chi connectivity index (χ1) is 32.9. The Morgan fingerprint density at radius 1 is 0.529 bits per heavy atom. The van der Waals surface area contributed by atoms with Gasteiger partial charge in [0.2, 0.25) is 5.91 Å². The van der Waals surface area contributed by atoms with E-state index in [0.717, 1.165) is 77.0 Å². The molecule has 0 aromatic carbocycles. The highest BCUT2D eigenvalue weighted by atomic mass is 31.2. The molecule has 1 N–H and O–H groups in total. The van der Waals surface area contributed by atoms with Gasteiger partial charge in [0, 0.05) is 12.8 Å². The first-order valence-electron chi connectivity index (χ1n) is 28.5. The van der Waals surface area contributed by atoms with E-state index in [4.69, 9.17) is 13.8 Å². The van der Waals surface area contributed by atoms with Crippen molar-refractivity contribution in [1.29, 1.82) is 0 Å². The van der Waals surface area contributed by atoms with E-state index in [0.29, 0.717) is 17.4 Å². The van der Waals surface area contributed by atoms with Gasteiger partial charge in [0.1, 0.15) is 19.3 Å². The molecule has 398 valence electrons. The third-order valence-corrected chi connectivity index (χ3v) is 13.5. The number of esters is 1. The van der Waals surface area contributed by atoms with Gasteiger partial charge in [0.15, 0.2) is 0 Å². The molecular formula is C58H109N2O7P. The van der Waals surface area contributed by atoms with E-state index >= 15 is 0 Å². The quantitative estimate of drug-likeness (QED) is 0.0161. The monoisotopic (exact) mass is 977 g/mol. The molecule has 0 saturated carbocycles. The summed E-state index contributed by atoms with van der Waals surface area (Å²) in [6, 6.07) is -0.889. The minimum absolute atomic E-state index is 0.0236. The lowest BCUT2D eigenvalue weighted by molar-refractivity contribution is -0.870. The van der Waals surface area contributed by atoms with Crippen molar-refractivity contribution < 1.29 is 37.3 Å². The van der Waals surface area contributed by atoms with Gasteiger partial charge in [-0.3, -0.25) is 14.2 Å². The Kier molecular flexibility index (Phi) is 47.1. The van der Waals surface area contributed by atoms with Crippen LogP contribution in [-0.2, 0) is 27.9 Å². The molecule has 1 amide bonds. The smallest absolute Gasteiger partial charge is 0.306 e. The number of ether oxygens (including phenoxy) is 1. The number of carbonyl (C=O) groups excluding carboxylic acids is 2. The number of carbonyl (C=O) groups is 2. The van der Waals surface area contributed by atoms with Gasteiger partial charge >= 0.3 is 5.97 Å². The summed E-state index contributed by atoms with van der Waals surface area (Å²) in [4.78, 5) is 39.8. The maximum absolute atomic E-state index is 13.5. The second-order valence-corrected chi connectivity index (χ2v) is 21.9. The molecule has 0 bridgehead atoms. The molecule has 0 heterocycles. The minimum atomic E-state index is -4.69. The van der Waals surface area contributed by atoms with Crippen LogP contribution >= 0.6 is 7.82 Å². The normalized spacial score (nSPS) is 14.2. The molecule has 3 atom stereocenters. The first-order valence-corrected chi connectivity index (χ1v) is 29.9. The van der Waals surface area contributed by atoms with Crippen molar-refractivity contribution in [2.75, 3.05) is 40.9 Å². The Labute approximate surface area is 420 Å². The van der Waals surface area contributed by atoms with E-state index in [-0.39, 0.29) is 31.5 Å². The Morgan fingerprint density at radius 2 is 0.941 bits per heavy atom. The van der Waals surface area contributed by atoms with E-state index in [1.807, 2.05) is 33.3 Å². The van der Waals surface area contributed by atoms with E-state index in [1.165, 1.54) is 148 Å². The van der Waals surface area contributed by atoms with Crippen molar-refractivity contribution in [3.8, 4) is 0 Å². The average molecular weight is 977 g/mol. The molecule has 0 aromatic heterocycles. The van der Waals surface area contributed by atoms with Crippen molar-refractivity contribution in [1.82, 2.24) is 5.32 Å². The molecule has 0 saturated heterocycles. The summed E-state index contributed by atoms with van der Waals surface area (Å²) in [5.74, 6) is -0.549. The number of rotatable bonds is 51. The van der Waals surface area contributed by atoms with Gasteiger partial charge in [-0.15, -0.1) is 0 Å². The fourth-order valence-corrected chi connectivity index (χ4v) is 8.89. The topological polar surface area (TPSA) is 114 Å². The summed E-state index contributed by atoms with van der Waals surface area (Å²) in [6.45, 7) is 6.71. The zero-order chi connectivity index (χ0) is 50.1. The van der Waals surface area contributed by atoms with Gasteiger partial charge in [0.25, 0.3) is 7.82 Å². The van der Waals surface area contributed by atoms with E-state index in [2.05, 4.69) is 62.5 Å². The lowest BCUT2D eigenvalue weighted by Gasteiger charge is -2.30. The molecule has 0 fully saturated rings. The molecule has 68 heavy (non-hydrogen) atoms. The summed E-state index contributed by atoms with van der Waals surface area (Å²) in [7, 11) is 1.18. The molecule has 0 radical (unpaired) electrons. The van der Waals surface area contributed by atoms with Crippen LogP contribution in [0.15, 0.2) is 48.6 Å². The molecule has 0 aromatic rings. The Hall–Kier alpha value is -2.03. The fourth-order valence-electron chi connectivity index (χ4n) is 8.17. The lowest BCUT2D eigenvalue weighted by Crippen LogP contribution is -2.47. The van der Waals surface area contributed by atoms with Crippen LogP contribution in [0.4, 0.5) is 0 Å². The van der Waals surface area contributed by atoms with Gasteiger partial charge in [0.05, 0.1) is 33.8 Å². The number of nitrogens with zero attached hydrogens (tertiary/aromatic N) is 1. The van der Waals surface area contributed by atoms with E-state index in [9.17, 15) is 19.0 Å². The Bertz CT molecular complexity index is 1310. The van der Waals surface area contributed by atoms with Crippen molar-refractivity contribution in [3.05, 3.63) is 48.6 Å². The molecule has 9 nitrogen and oxygen atoms in total. The number of phosphoric ester groups is 1. The first kappa shape index (κ1) is 66.0. The zero-order valence-corrected chi connectivity index (χ0v) is 46.2. The van der Waals surface area contributed by atoms with E-state index < -0.39 is 20.0 Å². The highest BCUT2D eigenvalue weighted by Crippen LogP contribution is 2.38. The van der Waals surface area contributed by atoms with Crippen LogP contribution in [0.1, 0.15) is 258 Å². The predicted molar refractivity (Wildman–Crippen MR) is 289 cm³/mol. The molecule has 0 spiro atoms. The summed E-state index contributed by atoms with van der Waals surface area (Å²) in [5.41, 5.74) is 0. The second kappa shape index (κ2) is 48.6. The van der Waals surface area contributed by atoms with Gasteiger partial charge in [-0.1, -0.05) is 243 Å². The van der Waals surface area contributed by atoms with Crippen molar-refractivity contribution in [2.45, 2.75) is 270 Å². The number of hydrogen-bond acceptors (Lipinski definition) is 7.